The van der Waals surface area contributed by atoms with E-state index in [2.05, 4.69) is 15.1 Å². The van der Waals surface area contributed by atoms with Crippen LogP contribution in [0.4, 0.5) is 10.5 Å². The lowest BCUT2D eigenvalue weighted by molar-refractivity contribution is -0.119. The van der Waals surface area contributed by atoms with Crippen molar-refractivity contribution in [1.82, 2.24) is 10.3 Å². The Bertz CT molecular complexity index is 1070. The lowest BCUT2D eigenvalue weighted by atomic mass is 10.0. The topological polar surface area (TPSA) is 85.1 Å². The highest BCUT2D eigenvalue weighted by Crippen LogP contribution is 2.49. The van der Waals surface area contributed by atoms with Crippen LogP contribution >= 0.6 is 0 Å². The van der Waals surface area contributed by atoms with Crippen LogP contribution in [0, 0.1) is 6.57 Å². The molecule has 3 aliphatic rings. The number of benzene rings is 1. The van der Waals surface area contributed by atoms with Crippen LogP contribution in [0.3, 0.4) is 0 Å². The highest BCUT2D eigenvalue weighted by atomic mass is 16.6. The summed E-state index contributed by atoms with van der Waals surface area (Å²) in [5.41, 5.74) is 2.89. The zero-order chi connectivity index (χ0) is 20.9. The van der Waals surface area contributed by atoms with Crippen molar-refractivity contribution in [1.29, 1.82) is 0 Å². The Balaban J connectivity index is 1.39. The van der Waals surface area contributed by atoms with Crippen LogP contribution in [0.25, 0.3) is 16.0 Å². The van der Waals surface area contributed by atoms with Gasteiger partial charge in [0.05, 0.1) is 12.2 Å². The molecule has 1 aromatic heterocycles. The molecule has 5 rings (SSSR count). The van der Waals surface area contributed by atoms with Gasteiger partial charge in [-0.05, 0) is 23.8 Å². The third kappa shape index (κ3) is 2.94. The molecule has 0 spiro atoms. The van der Waals surface area contributed by atoms with Crippen LogP contribution in [-0.4, -0.2) is 42.3 Å². The standard InChI is InChI=1S/C22H20N4O4/c1-13(27)24-11-19-17-12-29-18-9-14(3-5-16(18)26(17)21(28)30-19)15-4-6-20(25-10-15)22(23-2)7-8-22/h3-6,9-10,17,19H,7-8,11-12H2,1H3,(H,24,27)/t17-,19-/m0/s1. The molecule has 1 saturated carbocycles. The van der Waals surface area contributed by atoms with Gasteiger partial charge in [-0.3, -0.25) is 14.7 Å². The zero-order valence-corrected chi connectivity index (χ0v) is 16.4. The lowest BCUT2D eigenvalue weighted by Gasteiger charge is -2.31. The third-order valence-corrected chi connectivity index (χ3v) is 5.90. The minimum Gasteiger partial charge on any atom is -0.489 e. The Hall–Kier alpha value is -3.60. The summed E-state index contributed by atoms with van der Waals surface area (Å²) in [5, 5.41) is 2.70. The maximum atomic E-state index is 12.4. The fourth-order valence-corrected chi connectivity index (χ4v) is 4.01. The predicted octanol–water partition coefficient (Wildman–Crippen LogP) is 2.88. The van der Waals surface area contributed by atoms with Crippen LogP contribution in [0.15, 0.2) is 36.5 Å². The van der Waals surface area contributed by atoms with E-state index in [1.54, 1.807) is 11.1 Å². The number of aromatic nitrogens is 1. The molecule has 1 aliphatic carbocycles. The van der Waals surface area contributed by atoms with Crippen molar-refractivity contribution in [3.8, 4) is 16.9 Å². The molecule has 3 heterocycles. The second-order valence-corrected chi connectivity index (χ2v) is 7.87. The van der Waals surface area contributed by atoms with Gasteiger partial charge in [-0.15, -0.1) is 0 Å². The summed E-state index contributed by atoms with van der Waals surface area (Å²) < 4.78 is 11.4. The molecular weight excluding hydrogens is 384 g/mol. The van der Waals surface area contributed by atoms with Crippen molar-refractivity contribution < 1.29 is 19.1 Å². The second kappa shape index (κ2) is 6.73. The van der Waals surface area contributed by atoms with Crippen LogP contribution in [0.2, 0.25) is 0 Å². The van der Waals surface area contributed by atoms with Crippen LogP contribution in [0.5, 0.6) is 5.75 Å². The molecule has 8 nitrogen and oxygen atoms in total. The SMILES string of the molecule is [C-]#[N+]C1(c2ccc(-c3ccc4c(c3)OC[C@H]3[C@H](CNC(C)=O)OC(=O)N43)cn2)CC1. The van der Waals surface area contributed by atoms with E-state index in [0.717, 1.165) is 29.7 Å². The number of pyridine rings is 1. The van der Waals surface area contributed by atoms with Gasteiger partial charge >= 0.3 is 6.09 Å². The van der Waals surface area contributed by atoms with Gasteiger partial charge < -0.3 is 19.6 Å². The number of carbonyl (C=O) groups excluding carboxylic acids is 2. The Morgan fingerprint density at radius 2 is 2.13 bits per heavy atom. The second-order valence-electron chi connectivity index (χ2n) is 7.87. The van der Waals surface area contributed by atoms with Gasteiger partial charge in [-0.25, -0.2) is 11.4 Å². The first kappa shape index (κ1) is 18.4. The highest BCUT2D eigenvalue weighted by molar-refractivity contribution is 5.94. The Kier molecular flexibility index (Phi) is 4.13. The maximum absolute atomic E-state index is 12.4. The first-order valence-electron chi connectivity index (χ1n) is 9.87. The molecule has 8 heteroatoms. The monoisotopic (exact) mass is 404 g/mol. The number of fused-ring (bicyclic) bond motifs is 3. The summed E-state index contributed by atoms with van der Waals surface area (Å²) in [5.74, 6) is 0.430. The van der Waals surface area contributed by atoms with Crippen molar-refractivity contribution in [2.24, 2.45) is 0 Å². The van der Waals surface area contributed by atoms with Gasteiger partial charge in [0.25, 0.3) is 5.54 Å². The predicted molar refractivity (Wildman–Crippen MR) is 108 cm³/mol. The van der Waals surface area contributed by atoms with Crippen LogP contribution < -0.4 is 15.0 Å². The number of amides is 2. The van der Waals surface area contributed by atoms with Crippen molar-refractivity contribution in [3.63, 3.8) is 0 Å². The Morgan fingerprint density at radius 1 is 1.33 bits per heavy atom. The number of rotatable bonds is 4. The summed E-state index contributed by atoms with van der Waals surface area (Å²) in [6, 6.07) is 9.24. The number of hydrogen-bond donors (Lipinski definition) is 1. The number of carbonyl (C=O) groups is 2. The molecule has 2 atom stereocenters. The number of cyclic esters (lactones) is 1. The Morgan fingerprint density at radius 3 is 2.80 bits per heavy atom. The molecule has 1 saturated heterocycles. The third-order valence-electron chi connectivity index (χ3n) is 5.90. The normalized spacial score (nSPS) is 22.8. The van der Waals surface area contributed by atoms with E-state index >= 15 is 0 Å². The Labute approximate surface area is 173 Å². The van der Waals surface area contributed by atoms with Gasteiger partial charge in [0.1, 0.15) is 30.2 Å². The number of nitrogens with one attached hydrogen (secondary N) is 1. The highest BCUT2D eigenvalue weighted by Gasteiger charge is 2.54. The molecule has 1 aromatic carbocycles. The molecule has 2 amide bonds. The maximum Gasteiger partial charge on any atom is 0.415 e. The minimum absolute atomic E-state index is 0.171. The van der Waals surface area contributed by atoms with Crippen LogP contribution in [0.1, 0.15) is 25.5 Å². The van der Waals surface area contributed by atoms with Gasteiger partial charge in [-0.1, -0.05) is 12.1 Å². The summed E-state index contributed by atoms with van der Waals surface area (Å²) in [7, 11) is 0. The summed E-state index contributed by atoms with van der Waals surface area (Å²) in [6.45, 7) is 9.34. The van der Waals surface area contributed by atoms with E-state index < -0.39 is 17.7 Å². The fourth-order valence-electron chi connectivity index (χ4n) is 4.01. The molecule has 152 valence electrons. The quantitative estimate of drug-likeness (QED) is 0.792. The number of anilines is 1. The van der Waals surface area contributed by atoms with Gasteiger partial charge in [0.15, 0.2) is 0 Å². The van der Waals surface area contributed by atoms with Gasteiger partial charge in [0.2, 0.25) is 5.91 Å². The number of nitrogens with zero attached hydrogens (tertiary/aromatic N) is 3. The van der Waals surface area contributed by atoms with Crippen LogP contribution in [-0.2, 0) is 15.1 Å². The van der Waals surface area contributed by atoms with Crippen molar-refractivity contribution >= 4 is 17.7 Å². The summed E-state index contributed by atoms with van der Waals surface area (Å²) in [6.07, 6.45) is 2.62. The van der Waals surface area contributed by atoms with Gasteiger partial charge in [0, 0.05) is 31.5 Å². The minimum atomic E-state index is -0.455. The molecule has 0 unspecified atom stereocenters. The summed E-state index contributed by atoms with van der Waals surface area (Å²) >= 11 is 0. The molecule has 30 heavy (non-hydrogen) atoms. The van der Waals surface area contributed by atoms with E-state index in [1.807, 2.05) is 30.3 Å². The molecule has 0 bridgehead atoms. The average molecular weight is 404 g/mol. The molecular formula is C22H20N4O4. The lowest BCUT2D eigenvalue weighted by Crippen LogP contribution is -2.47. The largest absolute Gasteiger partial charge is 0.489 e. The van der Waals surface area contributed by atoms with Crippen molar-refractivity contribution in [2.45, 2.75) is 37.5 Å². The number of hydrogen-bond acceptors (Lipinski definition) is 5. The van der Waals surface area contributed by atoms with E-state index in [-0.39, 0.29) is 25.1 Å². The van der Waals surface area contributed by atoms with Crippen molar-refractivity contribution in [3.05, 3.63) is 53.6 Å². The zero-order valence-electron chi connectivity index (χ0n) is 16.4. The van der Waals surface area contributed by atoms with E-state index in [0.29, 0.717) is 11.4 Å². The van der Waals surface area contributed by atoms with E-state index in [9.17, 15) is 9.59 Å². The van der Waals surface area contributed by atoms with Gasteiger partial charge in [-0.2, -0.15) is 0 Å². The smallest absolute Gasteiger partial charge is 0.415 e. The fraction of sp³-hybridized carbons (Fsp3) is 0.364. The molecule has 1 N–H and O–H groups in total. The first-order valence-corrected chi connectivity index (χ1v) is 9.87. The first-order chi connectivity index (χ1) is 14.5. The molecule has 2 aromatic rings. The van der Waals surface area contributed by atoms with E-state index in [4.69, 9.17) is 16.0 Å². The average Bonchev–Trinajstić information content (AvgIpc) is 3.50. The summed E-state index contributed by atoms with van der Waals surface area (Å²) in [4.78, 5) is 33.5. The molecule has 0 radical (unpaired) electrons. The number of ether oxygens (including phenoxy) is 2. The van der Waals surface area contributed by atoms with Crippen molar-refractivity contribution in [2.75, 3.05) is 18.1 Å². The van der Waals surface area contributed by atoms with E-state index in [1.165, 1.54) is 6.92 Å². The molecule has 2 fully saturated rings. The molecule has 2 aliphatic heterocycles.